The highest BCUT2D eigenvalue weighted by Gasteiger charge is 2.41. The number of halogens is 1. The molecule has 2 atom stereocenters. The minimum atomic E-state index is -0.621. The molecule has 7 nitrogen and oxygen atoms in total. The molecule has 0 unspecified atom stereocenters. The van der Waals surface area contributed by atoms with Crippen molar-refractivity contribution in [3.8, 4) is 0 Å². The summed E-state index contributed by atoms with van der Waals surface area (Å²) in [6, 6.07) is 7.00. The first-order chi connectivity index (χ1) is 15.5. The molecular formula is C24H30ClN3O4. The third kappa shape index (κ3) is 5.15. The summed E-state index contributed by atoms with van der Waals surface area (Å²) in [5.41, 5.74) is -0.0683. The summed E-state index contributed by atoms with van der Waals surface area (Å²) in [6.07, 6.45) is 7.48. The van der Waals surface area contributed by atoms with E-state index in [1.165, 1.54) is 0 Å². The Labute approximate surface area is 193 Å². The van der Waals surface area contributed by atoms with Crippen LogP contribution in [0.5, 0.6) is 0 Å². The number of rotatable bonds is 1. The van der Waals surface area contributed by atoms with Crippen LogP contribution in [0.1, 0.15) is 42.5 Å². The smallest absolute Gasteiger partial charge is 0.253 e. The maximum atomic E-state index is 13.2. The van der Waals surface area contributed by atoms with E-state index in [-0.39, 0.29) is 36.2 Å². The van der Waals surface area contributed by atoms with E-state index in [1.807, 2.05) is 0 Å². The Balaban J connectivity index is 1.45. The largest absolute Gasteiger partial charge is 0.381 e. The summed E-state index contributed by atoms with van der Waals surface area (Å²) in [4.78, 5) is 40.3. The third-order valence-corrected chi connectivity index (χ3v) is 7.14. The quantitative estimate of drug-likeness (QED) is 0.632. The molecule has 32 heavy (non-hydrogen) atoms. The molecule has 0 saturated carbocycles. The minimum Gasteiger partial charge on any atom is -0.381 e. The van der Waals surface area contributed by atoms with Crippen molar-refractivity contribution in [2.24, 2.45) is 11.3 Å². The van der Waals surface area contributed by atoms with Crippen molar-refractivity contribution in [3.63, 3.8) is 0 Å². The van der Waals surface area contributed by atoms with E-state index in [4.69, 9.17) is 16.3 Å². The van der Waals surface area contributed by atoms with Gasteiger partial charge in [0.15, 0.2) is 0 Å². The Bertz CT molecular complexity index is 895. The van der Waals surface area contributed by atoms with Crippen LogP contribution >= 0.6 is 11.6 Å². The van der Waals surface area contributed by atoms with Gasteiger partial charge in [0.05, 0.1) is 18.6 Å². The zero-order valence-electron chi connectivity index (χ0n) is 18.1. The van der Waals surface area contributed by atoms with Crippen molar-refractivity contribution in [2.45, 2.75) is 38.1 Å². The molecule has 2 saturated heterocycles. The van der Waals surface area contributed by atoms with Crippen LogP contribution in [0.3, 0.4) is 0 Å². The van der Waals surface area contributed by atoms with Crippen molar-refractivity contribution in [2.75, 3.05) is 32.8 Å². The molecule has 1 aromatic rings. The van der Waals surface area contributed by atoms with Crippen LogP contribution in [0.25, 0.3) is 0 Å². The average Bonchev–Trinajstić information content (AvgIpc) is 2.80. The maximum absolute atomic E-state index is 13.2. The molecule has 3 heterocycles. The molecule has 3 aliphatic rings. The molecule has 3 aliphatic heterocycles. The van der Waals surface area contributed by atoms with E-state index < -0.39 is 5.41 Å². The Morgan fingerprint density at radius 3 is 2.78 bits per heavy atom. The first kappa shape index (κ1) is 22.8. The molecule has 2 N–H and O–H groups in total. The highest BCUT2D eigenvalue weighted by Crippen LogP contribution is 2.37. The monoisotopic (exact) mass is 459 g/mol. The van der Waals surface area contributed by atoms with Gasteiger partial charge in [0.2, 0.25) is 11.8 Å². The lowest BCUT2D eigenvalue weighted by Gasteiger charge is -2.40. The van der Waals surface area contributed by atoms with Crippen molar-refractivity contribution in [3.05, 3.63) is 47.0 Å². The van der Waals surface area contributed by atoms with E-state index >= 15 is 0 Å². The Hall–Kier alpha value is -2.38. The minimum absolute atomic E-state index is 0.0282. The number of hydrogen-bond acceptors (Lipinski definition) is 4. The average molecular weight is 460 g/mol. The topological polar surface area (TPSA) is 87.7 Å². The van der Waals surface area contributed by atoms with E-state index in [9.17, 15) is 14.4 Å². The SMILES string of the molecule is O=C1CNC(=O)C2(C/C=C/C[C@H]3COCC[C@@H]3N1)CCN(C(=O)c1cccc(Cl)c1)CC2. The van der Waals surface area contributed by atoms with Crippen LogP contribution < -0.4 is 10.6 Å². The zero-order valence-corrected chi connectivity index (χ0v) is 18.9. The molecule has 4 rings (SSSR count). The first-order valence-electron chi connectivity index (χ1n) is 11.3. The number of likely N-dealkylation sites (tertiary alicyclic amines) is 1. The first-order valence-corrected chi connectivity index (χ1v) is 11.7. The van der Waals surface area contributed by atoms with Gasteiger partial charge in [-0.25, -0.2) is 0 Å². The fraction of sp³-hybridized carbons (Fsp3) is 0.542. The molecule has 172 valence electrons. The number of carbonyl (C=O) groups excluding carboxylic acids is 3. The number of fused-ring (bicyclic) bond motifs is 1. The molecule has 2 fully saturated rings. The summed E-state index contributed by atoms with van der Waals surface area (Å²) in [6.45, 7) is 2.21. The number of ether oxygens (including phenoxy) is 1. The van der Waals surface area contributed by atoms with Crippen LogP contribution in [-0.4, -0.2) is 61.5 Å². The number of amides is 3. The van der Waals surface area contributed by atoms with Gasteiger partial charge in [0.1, 0.15) is 0 Å². The van der Waals surface area contributed by atoms with Crippen LogP contribution in [0.15, 0.2) is 36.4 Å². The molecule has 0 aliphatic carbocycles. The predicted octanol–water partition coefficient (Wildman–Crippen LogP) is 2.55. The van der Waals surface area contributed by atoms with E-state index in [2.05, 4.69) is 22.8 Å². The summed E-state index contributed by atoms with van der Waals surface area (Å²) in [5.74, 6) is -0.110. The molecule has 0 radical (unpaired) electrons. The molecular weight excluding hydrogens is 430 g/mol. The van der Waals surface area contributed by atoms with Gasteiger partial charge in [-0.3, -0.25) is 14.4 Å². The highest BCUT2D eigenvalue weighted by atomic mass is 35.5. The summed E-state index contributed by atoms with van der Waals surface area (Å²) in [5, 5.41) is 6.44. The number of allylic oxidation sites excluding steroid dienone is 2. The number of hydrogen-bond donors (Lipinski definition) is 2. The summed E-state index contributed by atoms with van der Waals surface area (Å²) in [7, 11) is 0. The van der Waals surface area contributed by atoms with Crippen LogP contribution in [0.4, 0.5) is 0 Å². The van der Waals surface area contributed by atoms with Crippen LogP contribution in [0, 0.1) is 11.3 Å². The van der Waals surface area contributed by atoms with Crippen molar-refractivity contribution in [1.82, 2.24) is 15.5 Å². The van der Waals surface area contributed by atoms with Gasteiger partial charge in [-0.15, -0.1) is 0 Å². The molecule has 0 aromatic heterocycles. The number of piperidine rings is 1. The van der Waals surface area contributed by atoms with Gasteiger partial charge in [-0.05, 0) is 50.3 Å². The molecule has 1 spiro atoms. The number of carbonyl (C=O) groups is 3. The van der Waals surface area contributed by atoms with Crippen LogP contribution in [-0.2, 0) is 14.3 Å². The van der Waals surface area contributed by atoms with E-state index in [1.54, 1.807) is 29.2 Å². The second kappa shape index (κ2) is 10.0. The highest BCUT2D eigenvalue weighted by molar-refractivity contribution is 6.30. The van der Waals surface area contributed by atoms with Gasteiger partial charge >= 0.3 is 0 Å². The van der Waals surface area contributed by atoms with Crippen molar-refractivity contribution >= 4 is 29.3 Å². The Morgan fingerprint density at radius 2 is 2.00 bits per heavy atom. The lowest BCUT2D eigenvalue weighted by Crippen LogP contribution is -2.53. The van der Waals surface area contributed by atoms with E-state index in [0.29, 0.717) is 56.2 Å². The fourth-order valence-corrected chi connectivity index (χ4v) is 5.06. The van der Waals surface area contributed by atoms with E-state index in [0.717, 1.165) is 12.8 Å². The lowest BCUT2D eigenvalue weighted by molar-refractivity contribution is -0.135. The Morgan fingerprint density at radius 1 is 1.19 bits per heavy atom. The second-order valence-electron chi connectivity index (χ2n) is 8.97. The maximum Gasteiger partial charge on any atom is 0.253 e. The van der Waals surface area contributed by atoms with Gasteiger partial charge in [-0.1, -0.05) is 29.8 Å². The molecule has 8 heteroatoms. The van der Waals surface area contributed by atoms with Gasteiger partial charge in [0, 0.05) is 42.2 Å². The van der Waals surface area contributed by atoms with Crippen LogP contribution in [0.2, 0.25) is 5.02 Å². The number of nitrogens with zero attached hydrogens (tertiary/aromatic N) is 1. The van der Waals surface area contributed by atoms with Gasteiger partial charge < -0.3 is 20.3 Å². The normalized spacial score (nSPS) is 27.3. The third-order valence-electron chi connectivity index (χ3n) is 6.91. The lowest BCUT2D eigenvalue weighted by atomic mass is 9.74. The zero-order chi connectivity index (χ0) is 22.6. The Kier molecular flexibility index (Phi) is 7.16. The molecule has 0 bridgehead atoms. The molecule has 3 amide bonds. The van der Waals surface area contributed by atoms with Crippen molar-refractivity contribution < 1.29 is 19.1 Å². The fourth-order valence-electron chi connectivity index (χ4n) is 4.87. The second-order valence-corrected chi connectivity index (χ2v) is 9.41. The predicted molar refractivity (Wildman–Crippen MR) is 121 cm³/mol. The van der Waals surface area contributed by atoms with Crippen molar-refractivity contribution in [1.29, 1.82) is 0 Å². The number of nitrogens with one attached hydrogen (secondary N) is 2. The van der Waals surface area contributed by atoms with Gasteiger partial charge in [0.25, 0.3) is 5.91 Å². The standard InChI is InChI=1S/C24H30ClN3O4/c25-19-6-3-5-17(14-19)22(30)28-11-9-24(10-12-28)8-2-1-4-18-16-32-13-7-20(18)27-21(29)15-26-23(24)31/h1-3,5-6,14,18,20H,4,7-13,15-16H2,(H,26,31)(H,27,29)/b2-1+/t18-,20-/m0/s1. The van der Waals surface area contributed by atoms with Gasteiger partial charge in [-0.2, -0.15) is 0 Å². The molecule has 1 aromatic carbocycles. The summed E-state index contributed by atoms with van der Waals surface area (Å²) >= 11 is 6.03. The summed E-state index contributed by atoms with van der Waals surface area (Å²) < 4.78 is 5.60. The number of benzene rings is 1.